The van der Waals surface area contributed by atoms with Crippen LogP contribution in [0.3, 0.4) is 0 Å². The molecule has 0 aliphatic carbocycles. The Balaban J connectivity index is 3.49. The Bertz CT molecular complexity index is 91.8. The third-order valence-electron chi connectivity index (χ3n) is 2.39. The molecule has 0 aromatic carbocycles. The summed E-state index contributed by atoms with van der Waals surface area (Å²) in [7, 11) is 2.00. The molecule has 0 fully saturated rings. The molecular weight excluding hydrogens is 148 g/mol. The van der Waals surface area contributed by atoms with Gasteiger partial charge in [-0.05, 0) is 32.9 Å². The first-order chi connectivity index (χ1) is 5.72. The predicted octanol–water partition coefficient (Wildman–Crippen LogP) is 1.75. The second-order valence-corrected chi connectivity index (χ2v) is 3.67. The van der Waals surface area contributed by atoms with E-state index in [0.717, 1.165) is 6.54 Å². The van der Waals surface area contributed by atoms with Gasteiger partial charge in [-0.1, -0.05) is 26.2 Å². The van der Waals surface area contributed by atoms with Gasteiger partial charge in [0.2, 0.25) is 0 Å². The molecule has 0 aromatic heterocycles. The standard InChI is InChI=1S/C10H24N2/c1-4-5-6-7-10(8-12-3)9(2)11/h9-10,12H,4-8,11H2,1-3H3. The van der Waals surface area contributed by atoms with Crippen LogP contribution in [0, 0.1) is 5.92 Å². The van der Waals surface area contributed by atoms with Crippen LogP contribution in [-0.2, 0) is 0 Å². The maximum Gasteiger partial charge on any atom is 0.00508 e. The molecule has 74 valence electrons. The summed E-state index contributed by atoms with van der Waals surface area (Å²) in [5.41, 5.74) is 5.86. The van der Waals surface area contributed by atoms with Crippen molar-refractivity contribution in [2.75, 3.05) is 13.6 Å². The zero-order chi connectivity index (χ0) is 9.40. The van der Waals surface area contributed by atoms with Gasteiger partial charge in [-0.25, -0.2) is 0 Å². The lowest BCUT2D eigenvalue weighted by atomic mass is 9.95. The van der Waals surface area contributed by atoms with Crippen molar-refractivity contribution in [3.05, 3.63) is 0 Å². The van der Waals surface area contributed by atoms with Gasteiger partial charge >= 0.3 is 0 Å². The Labute approximate surface area is 76.9 Å². The van der Waals surface area contributed by atoms with E-state index in [1.807, 2.05) is 7.05 Å². The molecule has 0 aliphatic heterocycles. The van der Waals surface area contributed by atoms with Crippen molar-refractivity contribution < 1.29 is 0 Å². The molecule has 2 unspecified atom stereocenters. The molecule has 0 saturated heterocycles. The predicted molar refractivity (Wildman–Crippen MR) is 55.2 cm³/mol. The fourth-order valence-electron chi connectivity index (χ4n) is 1.47. The number of hydrogen-bond donors (Lipinski definition) is 2. The maximum atomic E-state index is 5.86. The molecule has 0 saturated carbocycles. The van der Waals surface area contributed by atoms with E-state index >= 15 is 0 Å². The van der Waals surface area contributed by atoms with E-state index in [-0.39, 0.29) is 0 Å². The molecule has 0 radical (unpaired) electrons. The van der Waals surface area contributed by atoms with Crippen LogP contribution >= 0.6 is 0 Å². The molecule has 0 heterocycles. The van der Waals surface area contributed by atoms with E-state index in [9.17, 15) is 0 Å². The van der Waals surface area contributed by atoms with Crippen LogP contribution in [-0.4, -0.2) is 19.6 Å². The number of nitrogens with one attached hydrogen (secondary N) is 1. The second-order valence-electron chi connectivity index (χ2n) is 3.67. The van der Waals surface area contributed by atoms with Gasteiger partial charge in [0.25, 0.3) is 0 Å². The minimum Gasteiger partial charge on any atom is -0.328 e. The van der Waals surface area contributed by atoms with Crippen LogP contribution in [0.1, 0.15) is 39.5 Å². The quantitative estimate of drug-likeness (QED) is 0.574. The summed E-state index contributed by atoms with van der Waals surface area (Å²) in [4.78, 5) is 0. The molecule has 0 bridgehead atoms. The van der Waals surface area contributed by atoms with Crippen molar-refractivity contribution in [1.82, 2.24) is 5.32 Å². The zero-order valence-electron chi connectivity index (χ0n) is 8.77. The highest BCUT2D eigenvalue weighted by atomic mass is 14.8. The molecule has 0 aliphatic rings. The average Bonchev–Trinajstić information content (AvgIpc) is 2.03. The molecule has 2 atom stereocenters. The summed E-state index contributed by atoms with van der Waals surface area (Å²) in [6.45, 7) is 5.40. The van der Waals surface area contributed by atoms with E-state index in [1.165, 1.54) is 25.7 Å². The maximum absolute atomic E-state index is 5.86. The van der Waals surface area contributed by atoms with Crippen molar-refractivity contribution in [2.45, 2.75) is 45.6 Å². The van der Waals surface area contributed by atoms with Gasteiger partial charge in [-0.15, -0.1) is 0 Å². The van der Waals surface area contributed by atoms with Crippen molar-refractivity contribution in [3.63, 3.8) is 0 Å². The summed E-state index contributed by atoms with van der Waals surface area (Å²) < 4.78 is 0. The second kappa shape index (κ2) is 7.56. The largest absolute Gasteiger partial charge is 0.328 e. The van der Waals surface area contributed by atoms with Crippen LogP contribution in [0.2, 0.25) is 0 Å². The topological polar surface area (TPSA) is 38.0 Å². The van der Waals surface area contributed by atoms with Gasteiger partial charge in [-0.3, -0.25) is 0 Å². The van der Waals surface area contributed by atoms with Crippen LogP contribution in [0.25, 0.3) is 0 Å². The Morgan fingerprint density at radius 2 is 2.00 bits per heavy atom. The van der Waals surface area contributed by atoms with Crippen LogP contribution in [0.15, 0.2) is 0 Å². The van der Waals surface area contributed by atoms with Crippen LogP contribution in [0.4, 0.5) is 0 Å². The highest BCUT2D eigenvalue weighted by Gasteiger charge is 2.11. The molecule has 0 rings (SSSR count). The van der Waals surface area contributed by atoms with Gasteiger partial charge < -0.3 is 11.1 Å². The number of hydrogen-bond acceptors (Lipinski definition) is 2. The molecule has 2 nitrogen and oxygen atoms in total. The Kier molecular flexibility index (Phi) is 7.51. The highest BCUT2D eigenvalue weighted by Crippen LogP contribution is 2.11. The lowest BCUT2D eigenvalue weighted by Crippen LogP contribution is -2.33. The van der Waals surface area contributed by atoms with Crippen molar-refractivity contribution >= 4 is 0 Å². The number of unbranched alkanes of at least 4 members (excludes halogenated alkanes) is 2. The molecule has 12 heavy (non-hydrogen) atoms. The fraction of sp³-hybridized carbons (Fsp3) is 1.00. The zero-order valence-corrected chi connectivity index (χ0v) is 8.77. The summed E-state index contributed by atoms with van der Waals surface area (Å²) in [6.07, 6.45) is 5.23. The average molecular weight is 172 g/mol. The van der Waals surface area contributed by atoms with Crippen molar-refractivity contribution in [2.24, 2.45) is 11.7 Å². The molecule has 0 aromatic rings. The van der Waals surface area contributed by atoms with E-state index < -0.39 is 0 Å². The Hall–Kier alpha value is -0.0800. The smallest absolute Gasteiger partial charge is 0.00508 e. The van der Waals surface area contributed by atoms with Gasteiger partial charge in [0.05, 0.1) is 0 Å². The number of rotatable bonds is 7. The van der Waals surface area contributed by atoms with Gasteiger partial charge in [-0.2, -0.15) is 0 Å². The van der Waals surface area contributed by atoms with Crippen LogP contribution in [0.5, 0.6) is 0 Å². The molecule has 0 amide bonds. The molecule has 2 heteroatoms. The summed E-state index contributed by atoms with van der Waals surface area (Å²) >= 11 is 0. The summed E-state index contributed by atoms with van der Waals surface area (Å²) in [6, 6.07) is 0.328. The highest BCUT2D eigenvalue weighted by molar-refractivity contribution is 4.70. The normalized spacial score (nSPS) is 16.0. The molecule has 3 N–H and O–H groups in total. The summed E-state index contributed by atoms with van der Waals surface area (Å²) in [5.74, 6) is 0.654. The third-order valence-corrected chi connectivity index (χ3v) is 2.39. The lowest BCUT2D eigenvalue weighted by molar-refractivity contribution is 0.384. The first-order valence-electron chi connectivity index (χ1n) is 5.12. The monoisotopic (exact) mass is 172 g/mol. The van der Waals surface area contributed by atoms with Gasteiger partial charge in [0.1, 0.15) is 0 Å². The lowest BCUT2D eigenvalue weighted by Gasteiger charge is -2.19. The van der Waals surface area contributed by atoms with Crippen molar-refractivity contribution in [1.29, 1.82) is 0 Å². The van der Waals surface area contributed by atoms with Crippen molar-refractivity contribution in [3.8, 4) is 0 Å². The molecular formula is C10H24N2. The van der Waals surface area contributed by atoms with E-state index in [2.05, 4.69) is 19.2 Å². The summed E-state index contributed by atoms with van der Waals surface area (Å²) in [5, 5.41) is 3.20. The minimum atomic E-state index is 0.328. The molecule has 0 spiro atoms. The van der Waals surface area contributed by atoms with E-state index in [1.54, 1.807) is 0 Å². The number of nitrogens with two attached hydrogens (primary N) is 1. The minimum absolute atomic E-state index is 0.328. The van der Waals surface area contributed by atoms with E-state index in [0.29, 0.717) is 12.0 Å². The Morgan fingerprint density at radius 3 is 2.42 bits per heavy atom. The van der Waals surface area contributed by atoms with Gasteiger partial charge in [0.15, 0.2) is 0 Å². The first kappa shape index (κ1) is 11.9. The SMILES string of the molecule is CCCCCC(CNC)C(C)N. The Morgan fingerprint density at radius 1 is 1.33 bits per heavy atom. The fourth-order valence-corrected chi connectivity index (χ4v) is 1.47. The van der Waals surface area contributed by atoms with Gasteiger partial charge in [0, 0.05) is 6.04 Å². The first-order valence-corrected chi connectivity index (χ1v) is 5.12. The third kappa shape index (κ3) is 5.56. The van der Waals surface area contributed by atoms with Crippen LogP contribution < -0.4 is 11.1 Å². The van der Waals surface area contributed by atoms with E-state index in [4.69, 9.17) is 5.73 Å².